The highest BCUT2D eigenvalue weighted by molar-refractivity contribution is 6.30. The molecule has 3 N–H and O–H groups in total. The monoisotopic (exact) mass is 293 g/mol. The van der Waals surface area contributed by atoms with Gasteiger partial charge in [0.1, 0.15) is 0 Å². The van der Waals surface area contributed by atoms with Gasteiger partial charge in [-0.15, -0.1) is 0 Å². The van der Waals surface area contributed by atoms with Gasteiger partial charge in [-0.05, 0) is 25.5 Å². The molecular weight excluding hydrogens is 278 g/mol. The highest BCUT2D eigenvalue weighted by Gasteiger charge is 2.13. The highest BCUT2D eigenvalue weighted by atomic mass is 35.5. The van der Waals surface area contributed by atoms with Crippen molar-refractivity contribution in [2.24, 2.45) is 5.73 Å². The molecule has 20 heavy (non-hydrogen) atoms. The van der Waals surface area contributed by atoms with Crippen LogP contribution in [-0.4, -0.2) is 23.7 Å². The summed E-state index contributed by atoms with van der Waals surface area (Å²) in [6.07, 6.45) is 0.713. The Morgan fingerprint density at radius 2 is 2.30 bits per heavy atom. The first-order valence-corrected chi connectivity index (χ1v) is 6.70. The lowest BCUT2D eigenvalue weighted by molar-refractivity contribution is 0.0944. The van der Waals surface area contributed by atoms with Crippen LogP contribution in [0.5, 0.6) is 0 Å². The van der Waals surface area contributed by atoms with Gasteiger partial charge in [0, 0.05) is 29.2 Å². The van der Waals surface area contributed by atoms with E-state index in [2.05, 4.69) is 10.5 Å². The fraction of sp³-hybridized carbons (Fsp3) is 0.286. The smallest absolute Gasteiger partial charge is 0.273 e. The molecule has 1 unspecified atom stereocenters. The van der Waals surface area contributed by atoms with Crippen molar-refractivity contribution in [3.63, 3.8) is 0 Å². The first-order chi connectivity index (χ1) is 9.56. The van der Waals surface area contributed by atoms with Gasteiger partial charge in [-0.25, -0.2) is 0 Å². The lowest BCUT2D eigenvalue weighted by Gasteiger charge is -2.04. The molecule has 1 amide bonds. The number of carbonyl (C=O) groups is 1. The summed E-state index contributed by atoms with van der Waals surface area (Å²) < 4.78 is 5.16. The van der Waals surface area contributed by atoms with Crippen LogP contribution in [0.3, 0.4) is 0 Å². The Hall–Kier alpha value is -1.85. The number of nitrogens with one attached hydrogen (secondary N) is 1. The molecule has 0 aliphatic carbocycles. The fourth-order valence-electron chi connectivity index (χ4n) is 1.66. The van der Waals surface area contributed by atoms with E-state index in [9.17, 15) is 4.79 Å². The zero-order chi connectivity index (χ0) is 14.5. The van der Waals surface area contributed by atoms with Crippen LogP contribution in [0.4, 0.5) is 0 Å². The number of hydrogen-bond donors (Lipinski definition) is 2. The van der Waals surface area contributed by atoms with E-state index in [-0.39, 0.29) is 17.6 Å². The maximum absolute atomic E-state index is 11.8. The molecule has 0 fully saturated rings. The number of benzene rings is 1. The van der Waals surface area contributed by atoms with Crippen molar-refractivity contribution in [3.8, 4) is 11.3 Å². The molecule has 6 heteroatoms. The molecule has 2 rings (SSSR count). The van der Waals surface area contributed by atoms with Crippen molar-refractivity contribution in [2.45, 2.75) is 19.4 Å². The molecule has 1 aromatic heterocycles. The van der Waals surface area contributed by atoms with Crippen LogP contribution in [0.25, 0.3) is 11.3 Å². The molecule has 0 saturated carbocycles. The van der Waals surface area contributed by atoms with E-state index in [1.54, 1.807) is 18.2 Å². The van der Waals surface area contributed by atoms with Gasteiger partial charge in [-0.2, -0.15) is 0 Å². The second-order valence-corrected chi connectivity index (χ2v) is 5.05. The Labute approximate surface area is 122 Å². The van der Waals surface area contributed by atoms with E-state index in [0.717, 1.165) is 5.56 Å². The molecular formula is C14H16ClN3O2. The standard InChI is InChI=1S/C14H16ClN3O2/c1-9(16)5-6-17-14(19)12-8-13(20-18-12)10-3-2-4-11(15)7-10/h2-4,7-9H,5-6,16H2,1H3,(H,17,19). The van der Waals surface area contributed by atoms with Gasteiger partial charge < -0.3 is 15.6 Å². The van der Waals surface area contributed by atoms with Crippen molar-refractivity contribution in [2.75, 3.05) is 6.54 Å². The topological polar surface area (TPSA) is 81.1 Å². The minimum absolute atomic E-state index is 0.0506. The molecule has 106 valence electrons. The molecule has 1 atom stereocenters. The Balaban J connectivity index is 2.03. The quantitative estimate of drug-likeness (QED) is 0.887. The number of halogens is 1. The summed E-state index contributed by atoms with van der Waals surface area (Å²) in [5, 5.41) is 7.10. The number of nitrogens with zero attached hydrogens (tertiary/aromatic N) is 1. The van der Waals surface area contributed by atoms with E-state index < -0.39 is 0 Å². The minimum Gasteiger partial charge on any atom is -0.355 e. The van der Waals surface area contributed by atoms with Crippen molar-refractivity contribution >= 4 is 17.5 Å². The molecule has 2 aromatic rings. The third kappa shape index (κ3) is 3.82. The summed E-state index contributed by atoms with van der Waals surface area (Å²) in [5.41, 5.74) is 6.63. The summed E-state index contributed by atoms with van der Waals surface area (Å²) >= 11 is 5.91. The number of rotatable bonds is 5. The normalized spacial score (nSPS) is 12.2. The summed E-state index contributed by atoms with van der Waals surface area (Å²) in [6.45, 7) is 2.40. The van der Waals surface area contributed by atoms with Crippen molar-refractivity contribution in [1.29, 1.82) is 0 Å². The van der Waals surface area contributed by atoms with E-state index in [0.29, 0.717) is 23.7 Å². The molecule has 0 aliphatic heterocycles. The molecule has 0 radical (unpaired) electrons. The van der Waals surface area contributed by atoms with Crippen LogP contribution in [-0.2, 0) is 0 Å². The number of hydrogen-bond acceptors (Lipinski definition) is 4. The number of aromatic nitrogens is 1. The first-order valence-electron chi connectivity index (χ1n) is 6.32. The van der Waals surface area contributed by atoms with Crippen LogP contribution < -0.4 is 11.1 Å². The first kappa shape index (κ1) is 14.6. The van der Waals surface area contributed by atoms with E-state index >= 15 is 0 Å². The zero-order valence-electron chi connectivity index (χ0n) is 11.1. The molecule has 1 aromatic carbocycles. The number of carbonyl (C=O) groups excluding carboxylic acids is 1. The Kier molecular flexibility index (Phi) is 4.76. The number of nitrogens with two attached hydrogens (primary N) is 1. The third-order valence-electron chi connectivity index (χ3n) is 2.74. The van der Waals surface area contributed by atoms with Gasteiger partial charge >= 0.3 is 0 Å². The van der Waals surface area contributed by atoms with Crippen molar-refractivity contribution < 1.29 is 9.32 Å². The SMILES string of the molecule is CC(N)CCNC(=O)c1cc(-c2cccc(Cl)c2)on1. The molecule has 5 nitrogen and oxygen atoms in total. The van der Waals surface area contributed by atoms with Crippen LogP contribution in [0.2, 0.25) is 5.02 Å². The predicted octanol–water partition coefficient (Wildman–Crippen LogP) is 2.46. The Morgan fingerprint density at radius 1 is 1.50 bits per heavy atom. The number of amides is 1. The average molecular weight is 294 g/mol. The fourth-order valence-corrected chi connectivity index (χ4v) is 1.85. The largest absolute Gasteiger partial charge is 0.355 e. The second-order valence-electron chi connectivity index (χ2n) is 4.61. The van der Waals surface area contributed by atoms with Crippen LogP contribution >= 0.6 is 11.6 Å². The summed E-state index contributed by atoms with van der Waals surface area (Å²) in [4.78, 5) is 11.8. The van der Waals surface area contributed by atoms with E-state index in [1.807, 2.05) is 19.1 Å². The van der Waals surface area contributed by atoms with Crippen LogP contribution in [0, 0.1) is 0 Å². The lowest BCUT2D eigenvalue weighted by atomic mass is 10.1. The predicted molar refractivity (Wildman–Crippen MR) is 77.5 cm³/mol. The van der Waals surface area contributed by atoms with Gasteiger partial charge in [0.2, 0.25) is 0 Å². The third-order valence-corrected chi connectivity index (χ3v) is 2.97. The van der Waals surface area contributed by atoms with Crippen molar-refractivity contribution in [3.05, 3.63) is 41.0 Å². The molecule has 0 bridgehead atoms. The molecule has 0 aliphatic rings. The van der Waals surface area contributed by atoms with Gasteiger partial charge in [0.25, 0.3) is 5.91 Å². The second kappa shape index (κ2) is 6.54. The van der Waals surface area contributed by atoms with Gasteiger partial charge in [0.15, 0.2) is 11.5 Å². The van der Waals surface area contributed by atoms with Gasteiger partial charge in [-0.3, -0.25) is 4.79 Å². The molecule has 0 spiro atoms. The zero-order valence-corrected chi connectivity index (χ0v) is 11.9. The summed E-state index contributed by atoms with van der Waals surface area (Å²) in [6, 6.07) is 8.80. The summed E-state index contributed by atoms with van der Waals surface area (Å²) in [5.74, 6) is 0.229. The Bertz CT molecular complexity index is 596. The average Bonchev–Trinajstić information content (AvgIpc) is 2.87. The Morgan fingerprint density at radius 3 is 3.00 bits per heavy atom. The maximum atomic E-state index is 11.8. The molecule has 0 saturated heterocycles. The summed E-state index contributed by atoms with van der Waals surface area (Å²) in [7, 11) is 0. The van der Waals surface area contributed by atoms with E-state index in [4.69, 9.17) is 21.9 Å². The maximum Gasteiger partial charge on any atom is 0.273 e. The lowest BCUT2D eigenvalue weighted by Crippen LogP contribution is -2.29. The van der Waals surface area contributed by atoms with Gasteiger partial charge in [0.05, 0.1) is 0 Å². The molecule has 1 heterocycles. The van der Waals surface area contributed by atoms with Crippen LogP contribution in [0.1, 0.15) is 23.8 Å². The van der Waals surface area contributed by atoms with Gasteiger partial charge in [-0.1, -0.05) is 28.9 Å². The highest BCUT2D eigenvalue weighted by Crippen LogP contribution is 2.23. The van der Waals surface area contributed by atoms with E-state index in [1.165, 1.54) is 0 Å². The van der Waals surface area contributed by atoms with Crippen molar-refractivity contribution in [1.82, 2.24) is 10.5 Å². The van der Waals surface area contributed by atoms with Crippen LogP contribution in [0.15, 0.2) is 34.9 Å². The minimum atomic E-state index is -0.275.